The van der Waals surface area contributed by atoms with Crippen molar-refractivity contribution in [1.82, 2.24) is 0 Å². The first-order valence-corrected chi connectivity index (χ1v) is 7.65. The number of thioether (sulfide) groups is 1. The van der Waals surface area contributed by atoms with Crippen molar-refractivity contribution in [2.75, 3.05) is 12.4 Å². The van der Waals surface area contributed by atoms with Gasteiger partial charge in [0.05, 0.1) is 7.11 Å². The van der Waals surface area contributed by atoms with Gasteiger partial charge in [0, 0.05) is 17.5 Å². The first kappa shape index (κ1) is 16.1. The monoisotopic (exact) mass is 315 g/mol. The van der Waals surface area contributed by atoms with Gasteiger partial charge in [-0.3, -0.25) is 9.59 Å². The second kappa shape index (κ2) is 7.66. The maximum atomic E-state index is 12.0. The number of anilines is 1. The molecule has 0 fully saturated rings. The normalized spacial score (nSPS) is 11.5. The average Bonchev–Trinajstić information content (AvgIpc) is 2.53. The lowest BCUT2D eigenvalue weighted by Gasteiger charge is -2.15. The van der Waals surface area contributed by atoms with E-state index in [1.807, 2.05) is 54.6 Å². The molecule has 0 aliphatic rings. The largest absolute Gasteiger partial charge is 0.468 e. The fourth-order valence-corrected chi connectivity index (χ4v) is 2.99. The summed E-state index contributed by atoms with van der Waals surface area (Å²) >= 11 is 1.41. The van der Waals surface area contributed by atoms with Gasteiger partial charge in [-0.05, 0) is 29.8 Å². The number of ether oxygens (including phenoxy) is 1. The van der Waals surface area contributed by atoms with Crippen LogP contribution in [0, 0.1) is 0 Å². The molecule has 0 saturated heterocycles. The van der Waals surface area contributed by atoms with Crippen LogP contribution in [0.25, 0.3) is 0 Å². The minimum atomic E-state index is -0.419. The lowest BCUT2D eigenvalue weighted by Crippen LogP contribution is -2.11. The summed E-state index contributed by atoms with van der Waals surface area (Å²) in [5.41, 5.74) is 1.62. The smallest absolute Gasteiger partial charge is 0.323 e. The van der Waals surface area contributed by atoms with Crippen LogP contribution in [0.3, 0.4) is 0 Å². The summed E-state index contributed by atoms with van der Waals surface area (Å²) in [5.74, 6) is -0.403. The maximum Gasteiger partial charge on any atom is 0.323 e. The Morgan fingerprint density at radius 1 is 1.05 bits per heavy atom. The molecule has 4 nitrogen and oxygen atoms in total. The lowest BCUT2D eigenvalue weighted by molar-refractivity contribution is -0.140. The van der Waals surface area contributed by atoms with Gasteiger partial charge in [-0.2, -0.15) is 0 Å². The third-order valence-corrected chi connectivity index (χ3v) is 4.19. The number of carbonyl (C=O) groups is 2. The van der Waals surface area contributed by atoms with Crippen LogP contribution in [0.15, 0.2) is 59.5 Å². The van der Waals surface area contributed by atoms with Crippen molar-refractivity contribution in [3.05, 3.63) is 60.2 Å². The standard InChI is InChI=1S/C17H17NO3S/c1-12(19)18-14-8-10-15(11-9-14)22-16(17(20)21-2)13-6-4-3-5-7-13/h3-11,16H,1-2H3,(H,18,19). The molecular formula is C17H17NO3S. The predicted molar refractivity (Wildman–Crippen MR) is 87.8 cm³/mol. The van der Waals surface area contributed by atoms with E-state index < -0.39 is 5.25 Å². The van der Waals surface area contributed by atoms with Gasteiger partial charge in [0.25, 0.3) is 0 Å². The highest BCUT2D eigenvalue weighted by atomic mass is 32.2. The molecule has 1 N–H and O–H groups in total. The molecule has 1 atom stereocenters. The molecule has 22 heavy (non-hydrogen) atoms. The van der Waals surface area contributed by atoms with Crippen molar-refractivity contribution < 1.29 is 14.3 Å². The molecule has 0 aliphatic carbocycles. The molecule has 0 aliphatic heterocycles. The van der Waals surface area contributed by atoms with Crippen molar-refractivity contribution in [2.45, 2.75) is 17.1 Å². The fraction of sp³-hybridized carbons (Fsp3) is 0.176. The van der Waals surface area contributed by atoms with E-state index in [0.717, 1.165) is 16.1 Å². The quantitative estimate of drug-likeness (QED) is 0.676. The second-order valence-electron chi connectivity index (χ2n) is 4.64. The Labute approximate surface area is 133 Å². The highest BCUT2D eigenvalue weighted by molar-refractivity contribution is 8.00. The summed E-state index contributed by atoms with van der Waals surface area (Å²) in [5, 5.41) is 2.29. The minimum Gasteiger partial charge on any atom is -0.468 e. The third kappa shape index (κ3) is 4.36. The third-order valence-electron chi connectivity index (χ3n) is 2.95. The van der Waals surface area contributed by atoms with Crippen LogP contribution in [0.4, 0.5) is 5.69 Å². The van der Waals surface area contributed by atoms with Crippen LogP contribution in [-0.4, -0.2) is 19.0 Å². The van der Waals surface area contributed by atoms with Crippen LogP contribution >= 0.6 is 11.8 Å². The number of carbonyl (C=O) groups excluding carboxylic acids is 2. The SMILES string of the molecule is COC(=O)C(Sc1ccc(NC(C)=O)cc1)c1ccccc1. The zero-order valence-electron chi connectivity index (χ0n) is 12.4. The van der Waals surface area contributed by atoms with Gasteiger partial charge in [0.1, 0.15) is 5.25 Å². The molecule has 0 radical (unpaired) electrons. The summed E-state index contributed by atoms with van der Waals surface area (Å²) in [6.07, 6.45) is 0. The predicted octanol–water partition coefficient (Wildman–Crippen LogP) is 3.65. The number of amides is 1. The Bertz CT molecular complexity index is 641. The van der Waals surface area contributed by atoms with Gasteiger partial charge in [-0.1, -0.05) is 30.3 Å². The molecule has 0 bridgehead atoms. The number of hydrogen-bond donors (Lipinski definition) is 1. The van der Waals surface area contributed by atoms with Gasteiger partial charge < -0.3 is 10.1 Å². The molecule has 114 valence electrons. The molecule has 2 rings (SSSR count). The summed E-state index contributed by atoms with van der Waals surface area (Å²) in [6.45, 7) is 1.46. The topological polar surface area (TPSA) is 55.4 Å². The molecule has 1 unspecified atom stereocenters. The van der Waals surface area contributed by atoms with E-state index in [4.69, 9.17) is 4.74 Å². The second-order valence-corrected chi connectivity index (χ2v) is 5.82. The van der Waals surface area contributed by atoms with Crippen LogP contribution in [0.2, 0.25) is 0 Å². The Morgan fingerprint density at radius 2 is 1.68 bits per heavy atom. The van der Waals surface area contributed by atoms with E-state index in [9.17, 15) is 9.59 Å². The van der Waals surface area contributed by atoms with E-state index in [1.54, 1.807) is 0 Å². The molecular weight excluding hydrogens is 298 g/mol. The van der Waals surface area contributed by atoms with Crippen molar-refractivity contribution >= 4 is 29.3 Å². The summed E-state index contributed by atoms with van der Waals surface area (Å²) < 4.78 is 4.90. The van der Waals surface area contributed by atoms with Crippen LogP contribution in [0.1, 0.15) is 17.7 Å². The van der Waals surface area contributed by atoms with E-state index in [1.165, 1.54) is 25.8 Å². The molecule has 0 saturated carbocycles. The highest BCUT2D eigenvalue weighted by Crippen LogP contribution is 2.36. The van der Waals surface area contributed by atoms with E-state index >= 15 is 0 Å². The van der Waals surface area contributed by atoms with Gasteiger partial charge >= 0.3 is 5.97 Å². The van der Waals surface area contributed by atoms with E-state index in [-0.39, 0.29) is 11.9 Å². The molecule has 2 aromatic rings. The van der Waals surface area contributed by atoms with Crippen molar-refractivity contribution in [2.24, 2.45) is 0 Å². The Kier molecular flexibility index (Phi) is 5.61. The van der Waals surface area contributed by atoms with Gasteiger partial charge in [-0.25, -0.2) is 0 Å². The molecule has 0 aromatic heterocycles. The number of nitrogens with one attached hydrogen (secondary N) is 1. The van der Waals surface area contributed by atoms with Crippen molar-refractivity contribution in [1.29, 1.82) is 0 Å². The Balaban J connectivity index is 2.17. The van der Waals surface area contributed by atoms with E-state index in [2.05, 4.69) is 5.32 Å². The molecule has 0 heterocycles. The van der Waals surface area contributed by atoms with Crippen molar-refractivity contribution in [3.8, 4) is 0 Å². The highest BCUT2D eigenvalue weighted by Gasteiger charge is 2.22. The Hall–Kier alpha value is -2.27. The van der Waals surface area contributed by atoms with Crippen LogP contribution in [0.5, 0.6) is 0 Å². The summed E-state index contributed by atoms with van der Waals surface area (Å²) in [6, 6.07) is 16.9. The number of esters is 1. The lowest BCUT2D eigenvalue weighted by atomic mass is 10.1. The van der Waals surface area contributed by atoms with Gasteiger partial charge in [-0.15, -0.1) is 11.8 Å². The minimum absolute atomic E-state index is 0.114. The fourth-order valence-electron chi connectivity index (χ4n) is 1.94. The zero-order valence-corrected chi connectivity index (χ0v) is 13.2. The maximum absolute atomic E-state index is 12.0. The molecule has 1 amide bonds. The molecule has 5 heteroatoms. The number of hydrogen-bond acceptors (Lipinski definition) is 4. The van der Waals surface area contributed by atoms with Crippen LogP contribution in [-0.2, 0) is 14.3 Å². The van der Waals surface area contributed by atoms with Gasteiger partial charge in [0.15, 0.2) is 0 Å². The number of benzene rings is 2. The molecule has 0 spiro atoms. The van der Waals surface area contributed by atoms with E-state index in [0.29, 0.717) is 0 Å². The average molecular weight is 315 g/mol. The Morgan fingerprint density at radius 3 is 2.23 bits per heavy atom. The number of methoxy groups -OCH3 is 1. The van der Waals surface area contributed by atoms with Gasteiger partial charge in [0.2, 0.25) is 5.91 Å². The van der Waals surface area contributed by atoms with Crippen LogP contribution < -0.4 is 5.32 Å². The summed E-state index contributed by atoms with van der Waals surface area (Å²) in [7, 11) is 1.39. The first-order chi connectivity index (χ1) is 10.6. The zero-order chi connectivity index (χ0) is 15.9. The first-order valence-electron chi connectivity index (χ1n) is 6.77. The van der Waals surface area contributed by atoms with Crippen molar-refractivity contribution in [3.63, 3.8) is 0 Å². The summed E-state index contributed by atoms with van der Waals surface area (Å²) in [4.78, 5) is 24.0. The number of rotatable bonds is 5. The molecule has 2 aromatic carbocycles.